The SMILES string of the molecule is CCC1(CNC(=O)c2n[nH]c3c2CNCC3)CCCC1. The van der Waals surface area contributed by atoms with E-state index in [0.29, 0.717) is 11.1 Å². The van der Waals surface area contributed by atoms with Crippen molar-refractivity contribution in [3.05, 3.63) is 17.0 Å². The lowest BCUT2D eigenvalue weighted by Gasteiger charge is -2.27. The van der Waals surface area contributed by atoms with Gasteiger partial charge in [-0.05, 0) is 24.7 Å². The minimum atomic E-state index is -0.0223. The fourth-order valence-electron chi connectivity index (χ4n) is 3.54. The van der Waals surface area contributed by atoms with Gasteiger partial charge in [-0.1, -0.05) is 19.8 Å². The second-order valence-electron chi connectivity index (χ2n) is 6.20. The average molecular weight is 276 g/mol. The maximum absolute atomic E-state index is 12.4. The number of fused-ring (bicyclic) bond motifs is 1. The molecule has 1 amide bonds. The highest BCUT2D eigenvalue weighted by molar-refractivity contribution is 5.94. The summed E-state index contributed by atoms with van der Waals surface area (Å²) in [4.78, 5) is 12.4. The van der Waals surface area contributed by atoms with E-state index in [4.69, 9.17) is 0 Å². The summed E-state index contributed by atoms with van der Waals surface area (Å²) in [5, 5.41) is 13.6. The van der Waals surface area contributed by atoms with Gasteiger partial charge in [-0.15, -0.1) is 0 Å². The number of carbonyl (C=O) groups is 1. The second kappa shape index (κ2) is 5.56. The van der Waals surface area contributed by atoms with Crippen LogP contribution >= 0.6 is 0 Å². The molecule has 2 aliphatic rings. The van der Waals surface area contributed by atoms with Crippen molar-refractivity contribution in [3.8, 4) is 0 Å². The van der Waals surface area contributed by atoms with E-state index in [0.717, 1.165) is 43.7 Å². The molecule has 0 bridgehead atoms. The minimum Gasteiger partial charge on any atom is -0.350 e. The van der Waals surface area contributed by atoms with E-state index in [1.807, 2.05) is 0 Å². The van der Waals surface area contributed by atoms with Crippen LogP contribution in [-0.4, -0.2) is 29.2 Å². The molecule has 1 aromatic heterocycles. The Kier molecular flexibility index (Phi) is 3.78. The molecule has 5 heteroatoms. The van der Waals surface area contributed by atoms with Crippen molar-refractivity contribution in [3.63, 3.8) is 0 Å². The third-order valence-electron chi connectivity index (χ3n) is 5.06. The summed E-state index contributed by atoms with van der Waals surface area (Å²) in [6.07, 6.45) is 7.15. The Morgan fingerprint density at radius 3 is 2.95 bits per heavy atom. The molecule has 0 spiro atoms. The van der Waals surface area contributed by atoms with Crippen molar-refractivity contribution in [2.24, 2.45) is 5.41 Å². The van der Waals surface area contributed by atoms with Crippen molar-refractivity contribution < 1.29 is 4.79 Å². The smallest absolute Gasteiger partial charge is 0.272 e. The van der Waals surface area contributed by atoms with Crippen LogP contribution in [0.4, 0.5) is 0 Å². The van der Waals surface area contributed by atoms with Gasteiger partial charge in [0.25, 0.3) is 5.91 Å². The number of hydrogen-bond acceptors (Lipinski definition) is 3. The molecule has 1 saturated carbocycles. The van der Waals surface area contributed by atoms with Gasteiger partial charge in [0.15, 0.2) is 5.69 Å². The van der Waals surface area contributed by atoms with Gasteiger partial charge in [-0.3, -0.25) is 9.89 Å². The molecular weight excluding hydrogens is 252 g/mol. The van der Waals surface area contributed by atoms with Crippen molar-refractivity contribution in [2.45, 2.75) is 52.0 Å². The molecule has 0 unspecified atom stereocenters. The number of aromatic nitrogens is 2. The van der Waals surface area contributed by atoms with E-state index < -0.39 is 0 Å². The van der Waals surface area contributed by atoms with Crippen LogP contribution in [0, 0.1) is 5.41 Å². The summed E-state index contributed by atoms with van der Waals surface area (Å²) in [6, 6.07) is 0. The van der Waals surface area contributed by atoms with Crippen molar-refractivity contribution in [1.82, 2.24) is 20.8 Å². The number of hydrogen-bond donors (Lipinski definition) is 3. The average Bonchev–Trinajstić information content (AvgIpc) is 3.12. The number of amides is 1. The van der Waals surface area contributed by atoms with E-state index in [1.54, 1.807) is 0 Å². The van der Waals surface area contributed by atoms with Gasteiger partial charge in [0, 0.05) is 37.3 Å². The van der Waals surface area contributed by atoms with Crippen molar-refractivity contribution in [2.75, 3.05) is 13.1 Å². The van der Waals surface area contributed by atoms with Crippen molar-refractivity contribution >= 4 is 5.91 Å². The van der Waals surface area contributed by atoms with Gasteiger partial charge in [-0.25, -0.2) is 0 Å². The molecule has 0 radical (unpaired) electrons. The molecule has 1 aromatic rings. The molecule has 5 nitrogen and oxygen atoms in total. The first-order chi connectivity index (χ1) is 9.74. The summed E-state index contributed by atoms with van der Waals surface area (Å²) in [7, 11) is 0. The Balaban J connectivity index is 1.66. The third kappa shape index (κ3) is 2.46. The first-order valence-corrected chi connectivity index (χ1v) is 7.79. The summed E-state index contributed by atoms with van der Waals surface area (Å²) in [6.45, 7) is 4.72. The molecule has 2 heterocycles. The zero-order chi connectivity index (χ0) is 14.0. The van der Waals surface area contributed by atoms with Crippen LogP contribution in [-0.2, 0) is 13.0 Å². The molecule has 3 rings (SSSR count). The summed E-state index contributed by atoms with van der Waals surface area (Å²) in [5.74, 6) is -0.0223. The van der Waals surface area contributed by atoms with Crippen LogP contribution in [0.25, 0.3) is 0 Å². The number of aromatic amines is 1. The number of carbonyl (C=O) groups excluding carboxylic acids is 1. The summed E-state index contributed by atoms with van der Waals surface area (Å²) >= 11 is 0. The Bertz CT molecular complexity index is 488. The zero-order valence-corrected chi connectivity index (χ0v) is 12.2. The Morgan fingerprint density at radius 2 is 2.20 bits per heavy atom. The maximum atomic E-state index is 12.4. The molecular formula is C15H24N4O. The Morgan fingerprint density at radius 1 is 1.40 bits per heavy atom. The zero-order valence-electron chi connectivity index (χ0n) is 12.2. The van der Waals surface area contributed by atoms with Gasteiger partial charge in [-0.2, -0.15) is 5.10 Å². The number of H-pyrrole nitrogens is 1. The molecule has 0 atom stereocenters. The summed E-state index contributed by atoms with van der Waals surface area (Å²) in [5.41, 5.74) is 3.06. The topological polar surface area (TPSA) is 69.8 Å². The molecule has 1 fully saturated rings. The highest BCUT2D eigenvalue weighted by Gasteiger charge is 2.33. The first kappa shape index (κ1) is 13.6. The van der Waals surface area contributed by atoms with Gasteiger partial charge in [0.2, 0.25) is 0 Å². The van der Waals surface area contributed by atoms with Crippen molar-refractivity contribution in [1.29, 1.82) is 0 Å². The quantitative estimate of drug-likeness (QED) is 0.785. The molecule has 0 saturated heterocycles. The van der Waals surface area contributed by atoms with Gasteiger partial charge in [0.05, 0.1) is 0 Å². The highest BCUT2D eigenvalue weighted by atomic mass is 16.1. The molecule has 0 aromatic carbocycles. The van der Waals surface area contributed by atoms with E-state index in [9.17, 15) is 4.79 Å². The van der Waals surface area contributed by atoms with Crippen LogP contribution in [0.5, 0.6) is 0 Å². The van der Waals surface area contributed by atoms with Crippen LogP contribution in [0.15, 0.2) is 0 Å². The molecule has 1 aliphatic heterocycles. The third-order valence-corrected chi connectivity index (χ3v) is 5.06. The van der Waals surface area contributed by atoms with E-state index in [1.165, 1.54) is 25.7 Å². The lowest BCUT2D eigenvalue weighted by Crippen LogP contribution is -2.36. The fourth-order valence-corrected chi connectivity index (χ4v) is 3.54. The van der Waals surface area contributed by atoms with E-state index in [2.05, 4.69) is 27.8 Å². The fraction of sp³-hybridized carbons (Fsp3) is 0.733. The van der Waals surface area contributed by atoms with E-state index >= 15 is 0 Å². The highest BCUT2D eigenvalue weighted by Crippen LogP contribution is 2.40. The monoisotopic (exact) mass is 276 g/mol. The number of rotatable bonds is 4. The lowest BCUT2D eigenvalue weighted by molar-refractivity contribution is 0.0922. The molecule has 1 aliphatic carbocycles. The van der Waals surface area contributed by atoms with Crippen LogP contribution in [0.3, 0.4) is 0 Å². The van der Waals surface area contributed by atoms with Crippen LogP contribution < -0.4 is 10.6 Å². The minimum absolute atomic E-state index is 0.0223. The van der Waals surface area contributed by atoms with E-state index in [-0.39, 0.29) is 5.91 Å². The number of nitrogens with zero attached hydrogens (tertiary/aromatic N) is 1. The molecule has 3 N–H and O–H groups in total. The number of nitrogens with one attached hydrogen (secondary N) is 3. The standard InChI is InChI=1S/C15H24N4O/c1-2-15(6-3-4-7-15)10-17-14(20)13-11-9-16-8-5-12(11)18-19-13/h16H,2-10H2,1H3,(H,17,20)(H,18,19). The Hall–Kier alpha value is -1.36. The molecule has 110 valence electrons. The normalized spacial score (nSPS) is 20.6. The summed E-state index contributed by atoms with van der Waals surface area (Å²) < 4.78 is 0. The predicted octanol–water partition coefficient (Wildman–Crippen LogP) is 1.76. The Labute approximate surface area is 119 Å². The molecule has 20 heavy (non-hydrogen) atoms. The van der Waals surface area contributed by atoms with Crippen LogP contribution in [0.1, 0.15) is 60.8 Å². The first-order valence-electron chi connectivity index (χ1n) is 7.79. The van der Waals surface area contributed by atoms with Gasteiger partial charge < -0.3 is 10.6 Å². The van der Waals surface area contributed by atoms with Gasteiger partial charge in [0.1, 0.15) is 0 Å². The second-order valence-corrected chi connectivity index (χ2v) is 6.20. The predicted molar refractivity (Wildman–Crippen MR) is 77.5 cm³/mol. The van der Waals surface area contributed by atoms with Gasteiger partial charge >= 0.3 is 0 Å². The largest absolute Gasteiger partial charge is 0.350 e. The van der Waals surface area contributed by atoms with Crippen LogP contribution in [0.2, 0.25) is 0 Å². The maximum Gasteiger partial charge on any atom is 0.272 e. The lowest BCUT2D eigenvalue weighted by atomic mass is 9.83.